The molecular weight excluding hydrogens is 486 g/mol. The Hall–Kier alpha value is -4.37. The fraction of sp³-hybridized carbons (Fsp3) is 0.154. The molecule has 36 heavy (non-hydrogen) atoms. The van der Waals surface area contributed by atoms with Gasteiger partial charge in [-0.15, -0.1) is 0 Å². The number of nitrogens with one attached hydrogen (secondary N) is 1. The summed E-state index contributed by atoms with van der Waals surface area (Å²) in [5.41, 5.74) is 0.950. The van der Waals surface area contributed by atoms with Crippen LogP contribution < -0.4 is 14.8 Å². The second-order valence-electron chi connectivity index (χ2n) is 7.65. The van der Waals surface area contributed by atoms with Gasteiger partial charge in [-0.05, 0) is 24.1 Å². The third kappa shape index (κ3) is 5.64. The number of rotatable bonds is 10. The topological polar surface area (TPSA) is 117 Å². The SMILES string of the molecule is CCNC(=O)c1noc(-c2cc(Cl)c(OCc3ccccc3)cc2OCc2ccccc2)c1[N+](=O)[O-]. The number of carbonyl (C=O) groups is 1. The lowest BCUT2D eigenvalue weighted by Crippen LogP contribution is -2.23. The van der Waals surface area contributed by atoms with Crippen molar-refractivity contribution in [1.29, 1.82) is 0 Å². The van der Waals surface area contributed by atoms with E-state index in [4.69, 9.17) is 25.6 Å². The van der Waals surface area contributed by atoms with Crippen molar-refractivity contribution in [3.8, 4) is 22.8 Å². The molecule has 1 heterocycles. The molecule has 9 nitrogen and oxygen atoms in total. The van der Waals surface area contributed by atoms with E-state index in [1.54, 1.807) is 13.0 Å². The van der Waals surface area contributed by atoms with E-state index in [0.29, 0.717) is 5.75 Å². The summed E-state index contributed by atoms with van der Waals surface area (Å²) in [6.45, 7) is 2.37. The number of benzene rings is 3. The molecule has 0 saturated heterocycles. The number of amides is 1. The third-order valence-corrected chi connectivity index (χ3v) is 5.45. The van der Waals surface area contributed by atoms with Gasteiger partial charge in [-0.3, -0.25) is 14.9 Å². The molecule has 1 N–H and O–H groups in total. The molecule has 1 amide bonds. The van der Waals surface area contributed by atoms with E-state index in [1.807, 2.05) is 60.7 Å². The van der Waals surface area contributed by atoms with Crippen molar-refractivity contribution in [1.82, 2.24) is 10.5 Å². The van der Waals surface area contributed by atoms with Crippen molar-refractivity contribution < 1.29 is 23.7 Å². The second-order valence-corrected chi connectivity index (χ2v) is 8.06. The predicted molar refractivity (Wildman–Crippen MR) is 133 cm³/mol. The summed E-state index contributed by atoms with van der Waals surface area (Å²) >= 11 is 6.49. The highest BCUT2D eigenvalue weighted by Crippen LogP contribution is 2.43. The lowest BCUT2D eigenvalue weighted by Gasteiger charge is -2.14. The Bertz CT molecular complexity index is 1360. The van der Waals surface area contributed by atoms with Crippen molar-refractivity contribution in [2.24, 2.45) is 0 Å². The van der Waals surface area contributed by atoms with Crippen LogP contribution in [0.4, 0.5) is 5.69 Å². The van der Waals surface area contributed by atoms with Gasteiger partial charge in [-0.2, -0.15) is 0 Å². The first kappa shape index (κ1) is 24.7. The number of aromatic nitrogens is 1. The Kier molecular flexibility index (Phi) is 7.82. The first-order valence-corrected chi connectivity index (χ1v) is 11.4. The van der Waals surface area contributed by atoms with Gasteiger partial charge in [0.15, 0.2) is 0 Å². The van der Waals surface area contributed by atoms with Gasteiger partial charge in [0.05, 0.1) is 15.5 Å². The van der Waals surface area contributed by atoms with Gasteiger partial charge in [0, 0.05) is 12.6 Å². The Morgan fingerprint density at radius 2 is 1.58 bits per heavy atom. The van der Waals surface area contributed by atoms with Crippen LogP contribution in [0.15, 0.2) is 77.3 Å². The van der Waals surface area contributed by atoms with Crippen molar-refractivity contribution in [3.63, 3.8) is 0 Å². The quantitative estimate of drug-likeness (QED) is 0.212. The van der Waals surface area contributed by atoms with Crippen LogP contribution in [0, 0.1) is 10.1 Å². The highest BCUT2D eigenvalue weighted by Gasteiger charge is 2.34. The molecule has 0 unspecified atom stereocenters. The molecule has 184 valence electrons. The Morgan fingerprint density at radius 3 is 2.14 bits per heavy atom. The van der Waals surface area contributed by atoms with E-state index in [2.05, 4.69) is 10.5 Å². The molecule has 0 spiro atoms. The van der Waals surface area contributed by atoms with E-state index in [9.17, 15) is 14.9 Å². The lowest BCUT2D eigenvalue weighted by atomic mass is 10.1. The minimum absolute atomic E-state index is 0.165. The first-order chi connectivity index (χ1) is 17.5. The van der Waals surface area contributed by atoms with Crippen LogP contribution >= 0.6 is 11.6 Å². The van der Waals surface area contributed by atoms with Crippen LogP contribution in [0.2, 0.25) is 5.02 Å². The van der Waals surface area contributed by atoms with E-state index >= 15 is 0 Å². The number of nitrogens with zero attached hydrogens (tertiary/aromatic N) is 2. The minimum atomic E-state index is -0.722. The summed E-state index contributed by atoms with van der Waals surface area (Å²) in [5.74, 6) is -0.438. The van der Waals surface area contributed by atoms with Crippen LogP contribution in [-0.4, -0.2) is 22.5 Å². The molecule has 4 aromatic rings. The summed E-state index contributed by atoms with van der Waals surface area (Å²) in [5, 5.41) is 18.2. The molecular formula is C26H22ClN3O6. The molecule has 0 saturated carbocycles. The van der Waals surface area contributed by atoms with Gasteiger partial charge in [-0.25, -0.2) is 0 Å². The summed E-state index contributed by atoms with van der Waals surface area (Å²) in [6, 6.07) is 21.9. The van der Waals surface area contributed by atoms with Gasteiger partial charge in [-0.1, -0.05) is 77.4 Å². The second kappa shape index (κ2) is 11.4. The van der Waals surface area contributed by atoms with Crippen molar-refractivity contribution >= 4 is 23.2 Å². The van der Waals surface area contributed by atoms with Gasteiger partial charge in [0.2, 0.25) is 11.5 Å². The van der Waals surface area contributed by atoms with E-state index in [0.717, 1.165) is 11.1 Å². The fourth-order valence-electron chi connectivity index (χ4n) is 3.44. The van der Waals surface area contributed by atoms with E-state index < -0.39 is 22.2 Å². The first-order valence-electron chi connectivity index (χ1n) is 11.1. The molecule has 0 aliphatic heterocycles. The van der Waals surface area contributed by atoms with Crippen molar-refractivity contribution in [3.05, 3.63) is 105 Å². The smallest absolute Gasteiger partial charge is 0.349 e. The summed E-state index contributed by atoms with van der Waals surface area (Å²) in [6.07, 6.45) is 0. The van der Waals surface area contributed by atoms with Crippen molar-refractivity contribution in [2.75, 3.05) is 6.54 Å². The monoisotopic (exact) mass is 507 g/mol. The maximum Gasteiger partial charge on any atom is 0.349 e. The molecule has 0 aliphatic carbocycles. The van der Waals surface area contributed by atoms with Crippen LogP contribution in [0.5, 0.6) is 11.5 Å². The summed E-state index contributed by atoms with van der Waals surface area (Å²) in [4.78, 5) is 23.5. The largest absolute Gasteiger partial charge is 0.488 e. The number of carbonyl (C=O) groups excluding carboxylic acids is 1. The number of nitro groups is 1. The standard InChI is InChI=1S/C26H22ClN3O6/c1-2-28-26(31)23-24(30(32)33)25(36-29-23)19-13-20(27)22(35-16-18-11-7-4-8-12-18)14-21(19)34-15-17-9-5-3-6-10-17/h3-14H,2,15-16H2,1H3,(H,28,31). The molecule has 0 radical (unpaired) electrons. The number of hydrogen-bond acceptors (Lipinski definition) is 7. The van der Waals surface area contributed by atoms with E-state index in [1.165, 1.54) is 6.07 Å². The molecule has 0 fully saturated rings. The molecule has 3 aromatic carbocycles. The molecule has 10 heteroatoms. The zero-order valence-corrected chi connectivity index (χ0v) is 20.0. The average molecular weight is 508 g/mol. The normalized spacial score (nSPS) is 10.6. The molecule has 0 atom stereocenters. The Labute approximate surface area is 211 Å². The molecule has 1 aromatic heterocycles. The summed E-state index contributed by atoms with van der Waals surface area (Å²) in [7, 11) is 0. The number of halogens is 1. The van der Waals surface area contributed by atoms with Gasteiger partial charge < -0.3 is 19.3 Å². The fourth-order valence-corrected chi connectivity index (χ4v) is 3.66. The maximum atomic E-state index is 12.3. The van der Waals surface area contributed by atoms with Crippen molar-refractivity contribution in [2.45, 2.75) is 20.1 Å². The lowest BCUT2D eigenvalue weighted by molar-refractivity contribution is -0.384. The number of ether oxygens (including phenoxy) is 2. The van der Waals surface area contributed by atoms with Crippen LogP contribution in [0.25, 0.3) is 11.3 Å². The van der Waals surface area contributed by atoms with Crippen LogP contribution in [-0.2, 0) is 13.2 Å². The van der Waals surface area contributed by atoms with E-state index in [-0.39, 0.29) is 41.9 Å². The van der Waals surface area contributed by atoms with Crippen LogP contribution in [0.1, 0.15) is 28.5 Å². The van der Waals surface area contributed by atoms with Gasteiger partial charge in [0.25, 0.3) is 5.91 Å². The third-order valence-electron chi connectivity index (χ3n) is 5.16. The molecule has 4 rings (SSSR count). The molecule has 0 aliphatic rings. The zero-order valence-electron chi connectivity index (χ0n) is 19.3. The Balaban J connectivity index is 1.75. The predicted octanol–water partition coefficient (Wildman–Crippen LogP) is 5.81. The highest BCUT2D eigenvalue weighted by atomic mass is 35.5. The zero-order chi connectivity index (χ0) is 25.5. The average Bonchev–Trinajstić information content (AvgIpc) is 3.34. The maximum absolute atomic E-state index is 12.3. The van der Waals surface area contributed by atoms with Gasteiger partial charge in [0.1, 0.15) is 24.7 Å². The number of hydrogen-bond donors (Lipinski definition) is 1. The summed E-state index contributed by atoms with van der Waals surface area (Å²) < 4.78 is 17.2. The molecule has 0 bridgehead atoms. The minimum Gasteiger partial charge on any atom is -0.488 e. The van der Waals surface area contributed by atoms with Gasteiger partial charge >= 0.3 is 5.69 Å². The Morgan fingerprint density at radius 1 is 1.00 bits per heavy atom. The highest BCUT2D eigenvalue weighted by molar-refractivity contribution is 6.32. The van der Waals surface area contributed by atoms with Crippen LogP contribution in [0.3, 0.4) is 0 Å².